The molecule has 0 saturated heterocycles. The Bertz CT molecular complexity index is 1290. The summed E-state index contributed by atoms with van der Waals surface area (Å²) in [5.74, 6) is -0.978. The lowest BCUT2D eigenvalue weighted by Gasteiger charge is -2.34. The van der Waals surface area contributed by atoms with Crippen molar-refractivity contribution in [3.05, 3.63) is 75.6 Å². The molecule has 3 aromatic rings. The van der Waals surface area contributed by atoms with Gasteiger partial charge in [-0.3, -0.25) is 9.59 Å². The van der Waals surface area contributed by atoms with Gasteiger partial charge in [0.2, 0.25) is 11.5 Å². The number of carbonyl (C=O) groups is 1. The molecule has 0 unspecified atom stereocenters. The highest BCUT2D eigenvalue weighted by atomic mass is 19.1. The average molecular weight is 541 g/mol. The van der Waals surface area contributed by atoms with Gasteiger partial charge in [0, 0.05) is 49.6 Å². The van der Waals surface area contributed by atoms with Crippen LogP contribution in [0, 0.1) is 11.6 Å². The number of pyridine rings is 1. The molecule has 7 nitrogen and oxygen atoms in total. The van der Waals surface area contributed by atoms with E-state index in [1.54, 1.807) is 12.1 Å². The van der Waals surface area contributed by atoms with Gasteiger partial charge in [-0.25, -0.2) is 8.78 Å². The summed E-state index contributed by atoms with van der Waals surface area (Å²) in [7, 11) is 0. The number of amides is 1. The van der Waals surface area contributed by atoms with E-state index in [1.165, 1.54) is 24.6 Å². The molecule has 1 aliphatic carbocycles. The number of nitrogens with one attached hydrogen (secondary N) is 3. The number of aromatic hydroxyl groups is 1. The molecule has 1 aliphatic rings. The molecule has 0 radical (unpaired) electrons. The zero-order valence-corrected chi connectivity index (χ0v) is 22.3. The number of halogens is 2. The molecule has 9 heteroatoms. The van der Waals surface area contributed by atoms with Crippen LogP contribution >= 0.6 is 0 Å². The number of phenols is 1. The molecular weight excluding hydrogens is 502 g/mol. The molecule has 1 fully saturated rings. The first-order valence-corrected chi connectivity index (χ1v) is 13.9. The van der Waals surface area contributed by atoms with Crippen LogP contribution in [-0.2, 0) is 17.6 Å². The highest BCUT2D eigenvalue weighted by Crippen LogP contribution is 2.25. The van der Waals surface area contributed by atoms with Gasteiger partial charge in [-0.2, -0.15) is 0 Å². The van der Waals surface area contributed by atoms with Gasteiger partial charge >= 0.3 is 0 Å². The summed E-state index contributed by atoms with van der Waals surface area (Å²) in [5, 5.41) is 17.6. The Morgan fingerprint density at radius 3 is 2.41 bits per heavy atom. The molecule has 2 aromatic carbocycles. The number of benzene rings is 2. The monoisotopic (exact) mass is 540 g/mol. The van der Waals surface area contributed by atoms with Crippen LogP contribution in [-0.4, -0.2) is 59.7 Å². The second kappa shape index (κ2) is 14.2. The van der Waals surface area contributed by atoms with Crippen molar-refractivity contribution in [1.29, 1.82) is 0 Å². The number of phenolic OH excluding ortho intramolecular Hbond substituents is 1. The van der Waals surface area contributed by atoms with Crippen molar-refractivity contribution in [2.24, 2.45) is 0 Å². The van der Waals surface area contributed by atoms with E-state index in [1.807, 2.05) is 11.0 Å². The van der Waals surface area contributed by atoms with Crippen molar-refractivity contribution in [3.63, 3.8) is 0 Å². The highest BCUT2D eigenvalue weighted by molar-refractivity contribution is 5.87. The fraction of sp³-hybridized carbons (Fsp3) is 0.467. The summed E-state index contributed by atoms with van der Waals surface area (Å²) < 4.78 is 26.7. The molecule has 4 N–H and O–H groups in total. The van der Waals surface area contributed by atoms with Crippen molar-refractivity contribution in [2.45, 2.75) is 57.4 Å². The third-order valence-electron chi connectivity index (χ3n) is 7.43. The lowest BCUT2D eigenvalue weighted by molar-refractivity contribution is -0.134. The number of nitrogens with zero attached hydrogens (tertiary/aromatic N) is 1. The van der Waals surface area contributed by atoms with Gasteiger partial charge in [0.15, 0.2) is 0 Å². The summed E-state index contributed by atoms with van der Waals surface area (Å²) in [6, 6.07) is 10.5. The molecule has 0 bridgehead atoms. The fourth-order valence-corrected chi connectivity index (χ4v) is 5.42. The van der Waals surface area contributed by atoms with Crippen LogP contribution in [0.15, 0.2) is 47.3 Å². The van der Waals surface area contributed by atoms with E-state index in [0.29, 0.717) is 56.6 Å². The number of carbonyl (C=O) groups excluding carboxylic acids is 1. The first-order chi connectivity index (χ1) is 18.9. The van der Waals surface area contributed by atoms with E-state index in [2.05, 4.69) is 15.6 Å². The van der Waals surface area contributed by atoms with E-state index in [4.69, 9.17) is 0 Å². The first-order valence-electron chi connectivity index (χ1n) is 13.9. The van der Waals surface area contributed by atoms with Crippen molar-refractivity contribution < 1.29 is 18.7 Å². The quantitative estimate of drug-likeness (QED) is 0.246. The molecule has 39 heavy (non-hydrogen) atoms. The molecule has 4 rings (SSSR count). The van der Waals surface area contributed by atoms with E-state index >= 15 is 0 Å². The van der Waals surface area contributed by atoms with Crippen molar-refractivity contribution >= 4 is 16.8 Å². The van der Waals surface area contributed by atoms with Crippen molar-refractivity contribution in [2.75, 3.05) is 32.7 Å². The van der Waals surface area contributed by atoms with Gasteiger partial charge in [-0.1, -0.05) is 25.3 Å². The summed E-state index contributed by atoms with van der Waals surface area (Å²) in [5.41, 5.74) is 1.82. The molecule has 0 atom stereocenters. The van der Waals surface area contributed by atoms with Gasteiger partial charge in [-0.15, -0.1) is 0 Å². The van der Waals surface area contributed by atoms with Crippen LogP contribution in [0.3, 0.4) is 0 Å². The molecule has 210 valence electrons. The van der Waals surface area contributed by atoms with Gasteiger partial charge in [0.25, 0.3) is 0 Å². The van der Waals surface area contributed by atoms with Crippen LogP contribution in [0.4, 0.5) is 8.78 Å². The molecule has 1 aromatic heterocycles. The number of aromatic nitrogens is 1. The minimum Gasteiger partial charge on any atom is -0.506 e. The number of hydrogen-bond acceptors (Lipinski definition) is 5. The SMILES string of the molecule is O=C(CCNCCc1cc(F)cc(F)c1)N(CCNCCc1ccc(O)c2[nH]c(=O)ccc12)C1CCCCC1. The third kappa shape index (κ3) is 8.34. The second-order valence-electron chi connectivity index (χ2n) is 10.3. The number of rotatable bonds is 13. The van der Waals surface area contributed by atoms with Crippen molar-refractivity contribution in [1.82, 2.24) is 20.5 Å². The summed E-state index contributed by atoms with van der Waals surface area (Å²) in [6.45, 7) is 3.07. The Labute approximate surface area is 227 Å². The zero-order chi connectivity index (χ0) is 27.6. The van der Waals surface area contributed by atoms with E-state index in [9.17, 15) is 23.5 Å². The molecule has 1 saturated carbocycles. The topological polar surface area (TPSA) is 97.5 Å². The minimum absolute atomic E-state index is 0.0541. The lowest BCUT2D eigenvalue weighted by atomic mass is 9.94. The van der Waals surface area contributed by atoms with E-state index < -0.39 is 11.6 Å². The highest BCUT2D eigenvalue weighted by Gasteiger charge is 2.24. The predicted octanol–water partition coefficient (Wildman–Crippen LogP) is 4.03. The standard InChI is InChI=1S/C30H38F2N4O3/c31-23-18-21(19-24(32)20-23)10-13-33-15-12-29(39)36(25-4-2-1-3-5-25)17-16-34-14-11-22-6-8-27(37)30-26(22)7-9-28(38)35-30/h6-9,18-20,25,33-34,37H,1-5,10-17H2,(H,35,38). The molecule has 0 spiro atoms. The van der Waals surface area contributed by atoms with E-state index in [0.717, 1.165) is 49.1 Å². The number of hydrogen-bond donors (Lipinski definition) is 4. The molecule has 0 aliphatic heterocycles. The first kappa shape index (κ1) is 28.7. The maximum atomic E-state index is 13.4. The Hall–Kier alpha value is -3.30. The zero-order valence-electron chi connectivity index (χ0n) is 22.3. The predicted molar refractivity (Wildman–Crippen MR) is 149 cm³/mol. The van der Waals surface area contributed by atoms with Crippen LogP contribution in [0.1, 0.15) is 49.7 Å². The number of H-pyrrole nitrogens is 1. The Kier molecular flexibility index (Phi) is 10.4. The summed E-state index contributed by atoms with van der Waals surface area (Å²) in [6.07, 6.45) is 7.14. The van der Waals surface area contributed by atoms with Crippen LogP contribution in [0.5, 0.6) is 5.75 Å². The number of aromatic amines is 1. The molecule has 1 heterocycles. The Balaban J connectivity index is 1.23. The average Bonchev–Trinajstić information content (AvgIpc) is 2.91. The van der Waals surface area contributed by atoms with E-state index in [-0.39, 0.29) is 23.3 Å². The Morgan fingerprint density at radius 1 is 0.923 bits per heavy atom. The number of fused-ring (bicyclic) bond motifs is 1. The smallest absolute Gasteiger partial charge is 0.248 e. The maximum absolute atomic E-state index is 13.4. The van der Waals surface area contributed by atoms with Crippen molar-refractivity contribution in [3.8, 4) is 5.75 Å². The third-order valence-corrected chi connectivity index (χ3v) is 7.43. The van der Waals surface area contributed by atoms with Gasteiger partial charge in [0.1, 0.15) is 17.4 Å². The molecule has 1 amide bonds. The fourth-order valence-electron chi connectivity index (χ4n) is 5.42. The largest absolute Gasteiger partial charge is 0.506 e. The summed E-state index contributed by atoms with van der Waals surface area (Å²) >= 11 is 0. The van der Waals surface area contributed by atoms with Gasteiger partial charge in [-0.05, 0) is 74.2 Å². The van der Waals surface area contributed by atoms with Gasteiger partial charge in [0.05, 0.1) is 5.52 Å². The second-order valence-corrected chi connectivity index (χ2v) is 10.3. The summed E-state index contributed by atoms with van der Waals surface area (Å²) in [4.78, 5) is 29.5. The minimum atomic E-state index is -0.579. The van der Waals surface area contributed by atoms with Gasteiger partial charge < -0.3 is 25.6 Å². The lowest BCUT2D eigenvalue weighted by Crippen LogP contribution is -2.45. The molecular formula is C30H38F2N4O3. The Morgan fingerprint density at radius 2 is 1.64 bits per heavy atom. The van der Waals surface area contributed by atoms with Crippen LogP contribution in [0.2, 0.25) is 0 Å². The normalized spacial score (nSPS) is 14.1. The van der Waals surface area contributed by atoms with Crippen LogP contribution in [0.25, 0.3) is 10.9 Å². The van der Waals surface area contributed by atoms with Crippen LogP contribution < -0.4 is 16.2 Å². The maximum Gasteiger partial charge on any atom is 0.248 e.